The minimum absolute atomic E-state index is 0.142. The highest BCUT2D eigenvalue weighted by Crippen LogP contribution is 2.27. The highest BCUT2D eigenvalue weighted by molar-refractivity contribution is 4.84. The Morgan fingerprint density at radius 1 is 1.44 bits per heavy atom. The Kier molecular flexibility index (Phi) is 2.46. The summed E-state index contributed by atoms with van der Waals surface area (Å²) in [7, 11) is 1.69. The van der Waals surface area contributed by atoms with Crippen molar-refractivity contribution >= 4 is 0 Å². The van der Waals surface area contributed by atoms with Gasteiger partial charge >= 0.3 is 0 Å². The van der Waals surface area contributed by atoms with Crippen molar-refractivity contribution in [2.75, 3.05) is 7.11 Å². The average molecular weight is 131 g/mol. The fourth-order valence-electron chi connectivity index (χ4n) is 1.14. The minimum Gasteiger partial charge on any atom is -0.381 e. The van der Waals surface area contributed by atoms with Crippen molar-refractivity contribution in [3.05, 3.63) is 6.17 Å². The molecule has 0 unspecified atom stereocenters. The maximum atomic E-state index is 12.4. The van der Waals surface area contributed by atoms with Gasteiger partial charge in [0.2, 0.25) is 0 Å². The molecule has 0 bridgehead atoms. The lowest BCUT2D eigenvalue weighted by molar-refractivity contribution is 0.0666. The van der Waals surface area contributed by atoms with Crippen LogP contribution in [0.1, 0.15) is 25.7 Å². The Morgan fingerprint density at radius 3 is 2.44 bits per heavy atom. The van der Waals surface area contributed by atoms with E-state index in [1.807, 2.05) is 0 Å². The van der Waals surface area contributed by atoms with Crippen LogP contribution in [0.3, 0.4) is 0 Å². The van der Waals surface area contributed by atoms with Gasteiger partial charge in [0.05, 0.1) is 6.10 Å². The van der Waals surface area contributed by atoms with Crippen molar-refractivity contribution < 1.29 is 9.13 Å². The molecule has 1 rings (SSSR count). The standard InChI is InChI=1S/C7H12FO/c1-9-7-4-2-6(8)3-5-7/h7H,2-5H2,1H3. The maximum Gasteiger partial charge on any atom is 0.145 e. The summed E-state index contributed by atoms with van der Waals surface area (Å²) in [4.78, 5) is 0. The minimum atomic E-state index is 0.142. The summed E-state index contributed by atoms with van der Waals surface area (Å²) in [5.41, 5.74) is 0. The molecule has 0 amide bonds. The second-order valence-corrected chi connectivity index (χ2v) is 2.45. The van der Waals surface area contributed by atoms with E-state index >= 15 is 0 Å². The highest BCUT2D eigenvalue weighted by atomic mass is 19.1. The number of methoxy groups -OCH3 is 1. The summed E-state index contributed by atoms with van der Waals surface area (Å²) in [6.45, 7) is 0. The zero-order chi connectivity index (χ0) is 6.69. The predicted molar refractivity (Wildman–Crippen MR) is 33.6 cm³/mol. The third kappa shape index (κ3) is 1.94. The first-order chi connectivity index (χ1) is 4.33. The van der Waals surface area contributed by atoms with E-state index in [-0.39, 0.29) is 6.17 Å². The number of hydrogen-bond donors (Lipinski definition) is 0. The molecular formula is C7H12FO. The van der Waals surface area contributed by atoms with Gasteiger partial charge in [0.15, 0.2) is 0 Å². The summed E-state index contributed by atoms with van der Waals surface area (Å²) in [5, 5.41) is 0. The van der Waals surface area contributed by atoms with Gasteiger partial charge in [0, 0.05) is 7.11 Å². The molecule has 1 nitrogen and oxygen atoms in total. The summed E-state index contributed by atoms with van der Waals surface area (Å²) in [6, 6.07) is 0. The van der Waals surface area contributed by atoms with Gasteiger partial charge in [0.1, 0.15) is 6.17 Å². The van der Waals surface area contributed by atoms with Crippen LogP contribution in [0.25, 0.3) is 0 Å². The molecule has 0 aliphatic heterocycles. The monoisotopic (exact) mass is 131 g/mol. The van der Waals surface area contributed by atoms with Crippen LogP contribution >= 0.6 is 0 Å². The molecule has 0 aromatic carbocycles. The topological polar surface area (TPSA) is 9.23 Å². The Balaban J connectivity index is 2.18. The van der Waals surface area contributed by atoms with Crippen molar-refractivity contribution in [2.45, 2.75) is 31.8 Å². The van der Waals surface area contributed by atoms with Crippen molar-refractivity contribution in [1.82, 2.24) is 0 Å². The lowest BCUT2D eigenvalue weighted by atomic mass is 9.96. The molecular weight excluding hydrogens is 119 g/mol. The van der Waals surface area contributed by atoms with E-state index in [2.05, 4.69) is 0 Å². The first-order valence-electron chi connectivity index (χ1n) is 3.36. The van der Waals surface area contributed by atoms with Crippen LogP contribution in [0, 0.1) is 6.17 Å². The van der Waals surface area contributed by atoms with Crippen molar-refractivity contribution in [1.29, 1.82) is 0 Å². The molecule has 0 atom stereocenters. The Labute approximate surface area is 55.2 Å². The first-order valence-corrected chi connectivity index (χ1v) is 3.36. The van der Waals surface area contributed by atoms with Crippen molar-refractivity contribution in [3.8, 4) is 0 Å². The van der Waals surface area contributed by atoms with Crippen LogP contribution in [0.5, 0.6) is 0 Å². The van der Waals surface area contributed by atoms with Gasteiger partial charge < -0.3 is 4.74 Å². The average Bonchev–Trinajstić information content (AvgIpc) is 1.90. The molecule has 9 heavy (non-hydrogen) atoms. The summed E-state index contributed by atoms with van der Waals surface area (Å²) in [6.07, 6.45) is 3.40. The Bertz CT molecular complexity index is 77.0. The van der Waals surface area contributed by atoms with Crippen molar-refractivity contribution in [3.63, 3.8) is 0 Å². The molecule has 1 aliphatic rings. The molecule has 1 saturated carbocycles. The fraction of sp³-hybridized carbons (Fsp3) is 0.857. The van der Waals surface area contributed by atoms with E-state index in [9.17, 15) is 4.39 Å². The second-order valence-electron chi connectivity index (χ2n) is 2.45. The third-order valence-corrected chi connectivity index (χ3v) is 1.81. The van der Waals surface area contributed by atoms with Crippen LogP contribution in [0.4, 0.5) is 4.39 Å². The highest BCUT2D eigenvalue weighted by Gasteiger charge is 2.20. The van der Waals surface area contributed by atoms with Crippen LogP contribution in [-0.4, -0.2) is 13.2 Å². The van der Waals surface area contributed by atoms with Crippen molar-refractivity contribution in [2.24, 2.45) is 0 Å². The normalized spacial score (nSPS) is 24.7. The molecule has 1 aliphatic carbocycles. The zero-order valence-corrected chi connectivity index (χ0v) is 5.69. The Morgan fingerprint density at radius 2 is 2.00 bits per heavy atom. The lowest BCUT2D eigenvalue weighted by Crippen LogP contribution is -2.17. The van der Waals surface area contributed by atoms with Gasteiger partial charge in [-0.05, 0) is 25.7 Å². The quantitative estimate of drug-likeness (QED) is 0.529. The van der Waals surface area contributed by atoms with E-state index in [1.165, 1.54) is 0 Å². The van der Waals surface area contributed by atoms with Crippen LogP contribution in [0.15, 0.2) is 0 Å². The molecule has 0 N–H and O–H groups in total. The van der Waals surface area contributed by atoms with E-state index < -0.39 is 0 Å². The molecule has 53 valence electrons. The molecule has 0 heterocycles. The summed E-state index contributed by atoms with van der Waals surface area (Å²) in [5.74, 6) is 0. The fourth-order valence-corrected chi connectivity index (χ4v) is 1.14. The molecule has 0 aromatic heterocycles. The van der Waals surface area contributed by atoms with Gasteiger partial charge in [0.25, 0.3) is 0 Å². The largest absolute Gasteiger partial charge is 0.381 e. The first kappa shape index (κ1) is 7.00. The number of rotatable bonds is 1. The molecule has 1 fully saturated rings. The van der Waals surface area contributed by atoms with E-state index in [4.69, 9.17) is 4.74 Å². The van der Waals surface area contributed by atoms with Crippen LogP contribution in [0.2, 0.25) is 0 Å². The Hall–Kier alpha value is -0.110. The molecule has 0 saturated heterocycles. The van der Waals surface area contributed by atoms with Gasteiger partial charge in [-0.1, -0.05) is 0 Å². The van der Waals surface area contributed by atoms with E-state index in [0.29, 0.717) is 18.9 Å². The third-order valence-electron chi connectivity index (χ3n) is 1.81. The molecule has 0 spiro atoms. The van der Waals surface area contributed by atoms with Gasteiger partial charge in [-0.25, -0.2) is 4.39 Å². The van der Waals surface area contributed by atoms with Gasteiger partial charge in [-0.2, -0.15) is 0 Å². The zero-order valence-electron chi connectivity index (χ0n) is 5.69. The number of halogens is 1. The summed E-state index contributed by atoms with van der Waals surface area (Å²) >= 11 is 0. The molecule has 1 radical (unpaired) electrons. The van der Waals surface area contributed by atoms with E-state index in [0.717, 1.165) is 12.8 Å². The number of hydrogen-bond acceptors (Lipinski definition) is 1. The summed E-state index contributed by atoms with van der Waals surface area (Å²) < 4.78 is 17.4. The maximum absolute atomic E-state index is 12.4. The lowest BCUT2D eigenvalue weighted by Gasteiger charge is -2.21. The number of ether oxygens (including phenoxy) is 1. The predicted octanol–water partition coefficient (Wildman–Crippen LogP) is 2.08. The molecule has 0 aromatic rings. The molecule has 2 heteroatoms. The SMILES string of the molecule is COC1CC[C](F)CC1. The van der Waals surface area contributed by atoms with Gasteiger partial charge in [-0.15, -0.1) is 0 Å². The van der Waals surface area contributed by atoms with Crippen LogP contribution < -0.4 is 0 Å². The van der Waals surface area contributed by atoms with Gasteiger partial charge in [-0.3, -0.25) is 0 Å². The smallest absolute Gasteiger partial charge is 0.145 e. The van der Waals surface area contributed by atoms with E-state index in [1.54, 1.807) is 7.11 Å². The second kappa shape index (κ2) is 3.16. The van der Waals surface area contributed by atoms with Crippen LogP contribution in [-0.2, 0) is 4.74 Å².